The van der Waals surface area contributed by atoms with Crippen molar-refractivity contribution in [3.05, 3.63) is 34.3 Å². The third-order valence-corrected chi connectivity index (χ3v) is 3.45. The molecule has 0 aliphatic carbocycles. The van der Waals surface area contributed by atoms with E-state index in [1.54, 1.807) is 10.9 Å². The summed E-state index contributed by atoms with van der Waals surface area (Å²) in [6, 6.07) is 1.48. The van der Waals surface area contributed by atoms with E-state index >= 15 is 0 Å². The quantitative estimate of drug-likeness (QED) is 0.800. The Kier molecular flexibility index (Phi) is 4.73. The lowest BCUT2D eigenvalue weighted by molar-refractivity contribution is -0.137. The van der Waals surface area contributed by atoms with Crippen molar-refractivity contribution in [3.63, 3.8) is 0 Å². The first-order valence-corrected chi connectivity index (χ1v) is 7.04. The summed E-state index contributed by atoms with van der Waals surface area (Å²) in [7, 11) is 0. The number of aliphatic carboxylic acids is 1. The highest BCUT2D eigenvalue weighted by Crippen LogP contribution is 2.15. The number of aromatic nitrogens is 4. The van der Waals surface area contributed by atoms with Crippen LogP contribution in [0.5, 0.6) is 0 Å². The maximum atomic E-state index is 12.0. The van der Waals surface area contributed by atoms with E-state index in [0.29, 0.717) is 13.1 Å². The lowest BCUT2D eigenvalue weighted by Gasteiger charge is -2.06. The van der Waals surface area contributed by atoms with Crippen molar-refractivity contribution in [2.75, 3.05) is 0 Å². The molecular formula is C12H14BrN5O3. The van der Waals surface area contributed by atoms with Crippen LogP contribution in [0.15, 0.2) is 22.9 Å². The zero-order chi connectivity index (χ0) is 15.4. The summed E-state index contributed by atoms with van der Waals surface area (Å²) in [5, 5.41) is 19.4. The van der Waals surface area contributed by atoms with Gasteiger partial charge in [0.05, 0.1) is 22.9 Å². The summed E-state index contributed by atoms with van der Waals surface area (Å²) in [6.45, 7) is 2.68. The average Bonchev–Trinajstić information content (AvgIpc) is 3.02. The van der Waals surface area contributed by atoms with Gasteiger partial charge in [-0.1, -0.05) is 0 Å². The van der Waals surface area contributed by atoms with Gasteiger partial charge >= 0.3 is 5.97 Å². The first-order chi connectivity index (χ1) is 10.0. The highest BCUT2D eigenvalue weighted by molar-refractivity contribution is 9.10. The molecule has 0 saturated carbocycles. The molecule has 0 radical (unpaired) electrons. The van der Waals surface area contributed by atoms with E-state index in [2.05, 4.69) is 31.4 Å². The molecule has 0 atom stereocenters. The Morgan fingerprint density at radius 3 is 2.90 bits per heavy atom. The van der Waals surface area contributed by atoms with Gasteiger partial charge < -0.3 is 10.4 Å². The molecule has 0 fully saturated rings. The molecule has 2 aromatic rings. The topological polar surface area (TPSA) is 102 Å². The van der Waals surface area contributed by atoms with Crippen LogP contribution in [0.4, 0.5) is 0 Å². The highest BCUT2D eigenvalue weighted by Gasteiger charge is 2.13. The fourth-order valence-electron chi connectivity index (χ4n) is 1.80. The molecule has 9 heteroatoms. The smallest absolute Gasteiger partial charge is 0.325 e. The second-order valence-corrected chi connectivity index (χ2v) is 5.08. The van der Waals surface area contributed by atoms with Crippen molar-refractivity contribution < 1.29 is 14.7 Å². The Balaban J connectivity index is 2.00. The fourth-order valence-corrected chi connectivity index (χ4v) is 2.24. The minimum atomic E-state index is -1.01. The van der Waals surface area contributed by atoms with Crippen LogP contribution in [0.2, 0.25) is 0 Å². The number of carboxylic acids is 1. The number of nitrogens with zero attached hydrogens (tertiary/aromatic N) is 4. The van der Waals surface area contributed by atoms with E-state index in [0.717, 1.165) is 10.2 Å². The zero-order valence-corrected chi connectivity index (χ0v) is 12.9. The summed E-state index contributed by atoms with van der Waals surface area (Å²) in [4.78, 5) is 22.5. The number of rotatable bonds is 6. The van der Waals surface area contributed by atoms with Crippen molar-refractivity contribution in [2.24, 2.45) is 0 Å². The number of carbonyl (C=O) groups is 2. The molecule has 8 nitrogen and oxygen atoms in total. The van der Waals surface area contributed by atoms with Crippen LogP contribution in [-0.4, -0.2) is 36.5 Å². The Labute approximate surface area is 128 Å². The van der Waals surface area contributed by atoms with Gasteiger partial charge in [0, 0.05) is 12.7 Å². The average molecular weight is 356 g/mol. The predicted octanol–water partition coefficient (Wildman–Crippen LogP) is 0.877. The summed E-state index contributed by atoms with van der Waals surface area (Å²) in [6.07, 6.45) is 3.13. The van der Waals surface area contributed by atoms with E-state index in [4.69, 9.17) is 5.11 Å². The van der Waals surface area contributed by atoms with Crippen LogP contribution >= 0.6 is 15.9 Å². The molecule has 2 N–H and O–H groups in total. The Morgan fingerprint density at radius 2 is 2.24 bits per heavy atom. The minimum absolute atomic E-state index is 0.176. The molecule has 21 heavy (non-hydrogen) atoms. The van der Waals surface area contributed by atoms with Crippen molar-refractivity contribution in [3.8, 4) is 0 Å². The van der Waals surface area contributed by atoms with Crippen LogP contribution in [-0.2, 0) is 24.4 Å². The number of amides is 1. The van der Waals surface area contributed by atoms with Gasteiger partial charge in [-0.15, -0.1) is 0 Å². The lowest BCUT2D eigenvalue weighted by Crippen LogP contribution is -2.25. The standard InChI is InChI=1S/C12H14BrN5O3/c1-2-18-10(8(13)5-15-18)6-14-12(21)9-3-4-17(16-9)7-11(19)20/h3-5H,2,6-7H2,1H3,(H,14,21)(H,19,20). The molecular weight excluding hydrogens is 342 g/mol. The number of halogens is 1. The molecule has 0 aromatic carbocycles. The highest BCUT2D eigenvalue weighted by atomic mass is 79.9. The molecule has 0 spiro atoms. The van der Waals surface area contributed by atoms with Crippen molar-refractivity contribution in [1.82, 2.24) is 24.9 Å². The van der Waals surface area contributed by atoms with Crippen LogP contribution in [0.25, 0.3) is 0 Å². The summed E-state index contributed by atoms with van der Waals surface area (Å²) < 4.78 is 3.79. The molecule has 0 aliphatic rings. The molecule has 0 aliphatic heterocycles. The van der Waals surface area contributed by atoms with Gasteiger partial charge in [-0.05, 0) is 28.9 Å². The Morgan fingerprint density at radius 1 is 1.48 bits per heavy atom. The molecule has 2 rings (SSSR count). The molecule has 0 saturated heterocycles. The van der Waals surface area contributed by atoms with Crippen LogP contribution in [0.1, 0.15) is 23.1 Å². The minimum Gasteiger partial charge on any atom is -0.480 e. The number of carbonyl (C=O) groups excluding carboxylic acids is 1. The fraction of sp³-hybridized carbons (Fsp3) is 0.333. The lowest BCUT2D eigenvalue weighted by atomic mass is 10.3. The number of hydrogen-bond acceptors (Lipinski definition) is 4. The summed E-state index contributed by atoms with van der Waals surface area (Å²) in [5.41, 5.74) is 1.03. The van der Waals surface area contributed by atoms with E-state index in [1.165, 1.54) is 16.9 Å². The summed E-state index contributed by atoms with van der Waals surface area (Å²) >= 11 is 3.38. The van der Waals surface area contributed by atoms with Crippen LogP contribution in [0.3, 0.4) is 0 Å². The molecule has 0 bridgehead atoms. The molecule has 112 valence electrons. The van der Waals surface area contributed by atoms with Crippen molar-refractivity contribution in [1.29, 1.82) is 0 Å². The maximum Gasteiger partial charge on any atom is 0.325 e. The molecule has 2 aromatic heterocycles. The number of nitrogens with one attached hydrogen (secondary N) is 1. The van der Waals surface area contributed by atoms with Gasteiger partial charge in [0.2, 0.25) is 0 Å². The summed E-state index contributed by atoms with van der Waals surface area (Å²) in [5.74, 6) is -1.38. The van der Waals surface area contributed by atoms with E-state index in [1.807, 2.05) is 6.92 Å². The Hall–Kier alpha value is -2.16. The first kappa shape index (κ1) is 15.2. The SMILES string of the molecule is CCn1ncc(Br)c1CNC(=O)c1ccn(CC(=O)O)n1. The van der Waals surface area contributed by atoms with Gasteiger partial charge in [-0.2, -0.15) is 10.2 Å². The van der Waals surface area contributed by atoms with Gasteiger partial charge in [0.25, 0.3) is 5.91 Å². The third kappa shape index (κ3) is 3.69. The third-order valence-electron chi connectivity index (χ3n) is 2.78. The van der Waals surface area contributed by atoms with E-state index in [-0.39, 0.29) is 18.1 Å². The first-order valence-electron chi connectivity index (χ1n) is 6.25. The molecule has 1 amide bonds. The monoisotopic (exact) mass is 355 g/mol. The number of hydrogen-bond donors (Lipinski definition) is 2. The van der Waals surface area contributed by atoms with Crippen LogP contribution in [0, 0.1) is 0 Å². The van der Waals surface area contributed by atoms with Gasteiger partial charge in [-0.3, -0.25) is 19.0 Å². The molecule has 2 heterocycles. The predicted molar refractivity (Wildman–Crippen MR) is 76.6 cm³/mol. The van der Waals surface area contributed by atoms with Crippen molar-refractivity contribution in [2.45, 2.75) is 26.6 Å². The van der Waals surface area contributed by atoms with E-state index < -0.39 is 5.97 Å². The van der Waals surface area contributed by atoms with Gasteiger partial charge in [-0.25, -0.2) is 0 Å². The van der Waals surface area contributed by atoms with Gasteiger partial charge in [0.1, 0.15) is 12.2 Å². The largest absolute Gasteiger partial charge is 0.480 e. The van der Waals surface area contributed by atoms with Gasteiger partial charge in [0.15, 0.2) is 0 Å². The van der Waals surface area contributed by atoms with Crippen LogP contribution < -0.4 is 5.32 Å². The Bertz CT molecular complexity index is 664. The molecule has 0 unspecified atom stereocenters. The van der Waals surface area contributed by atoms with E-state index in [9.17, 15) is 9.59 Å². The normalized spacial score (nSPS) is 10.6. The number of carboxylic acid groups (broad SMARTS) is 1. The zero-order valence-electron chi connectivity index (χ0n) is 11.3. The number of aryl methyl sites for hydroxylation is 1. The second-order valence-electron chi connectivity index (χ2n) is 4.23. The second kappa shape index (κ2) is 6.53. The van der Waals surface area contributed by atoms with Crippen molar-refractivity contribution >= 4 is 27.8 Å². The maximum absolute atomic E-state index is 12.0.